The second-order valence-electron chi connectivity index (χ2n) is 21.0. The van der Waals surface area contributed by atoms with Gasteiger partial charge in [0.2, 0.25) is 0 Å². The Labute approximate surface area is 434 Å². The SMILES string of the molecule is CC(C)c1ccc2c(c1)N1c3ccccc3[B]c3c(-c4c(Nc5ccccc5)cc(-n5c6ccccc6c6ccccc65)cc4Nc4ccccc4)c4c5c(c31)B2c1ccc(C(C)C)cc1N5c1ccccc1[B]4. The molecule has 348 valence electrons. The highest BCUT2D eigenvalue weighted by Gasteiger charge is 2.49. The average Bonchev–Trinajstić information content (AvgIpc) is 3.78. The summed E-state index contributed by atoms with van der Waals surface area (Å²) in [5.41, 5.74) is 28.5. The molecule has 0 fully saturated rings. The molecule has 0 atom stereocenters. The van der Waals surface area contributed by atoms with E-state index in [1.165, 1.54) is 99.8 Å². The quantitative estimate of drug-likeness (QED) is 0.149. The van der Waals surface area contributed by atoms with Gasteiger partial charge >= 0.3 is 0 Å². The maximum atomic E-state index is 4.10. The minimum atomic E-state index is -0.00898. The standard InChI is InChI=1S/C66H50B3N5/c1-39(2)41-31-33-50-58(35-41)73-56-29-17-13-25-48(56)67-62-61(63-66-64(65(62)73)69(50)51-34-32-42(40(3)4)36-59(51)74(66)57-30-18-14-26-49(57)68-63)60-52(70-43-19-7-5-8-20-43)37-45(38-53(60)71-44-21-9-6-10-22-44)72-54-27-15-11-23-46(54)47-24-12-16-28-55(47)72/h5-40,70-71H,1-4H3. The second kappa shape index (κ2) is 16.5. The van der Waals surface area contributed by atoms with Crippen molar-refractivity contribution in [2.75, 3.05) is 20.4 Å². The zero-order chi connectivity index (χ0) is 49.3. The van der Waals surface area contributed by atoms with Gasteiger partial charge in [0, 0.05) is 61.8 Å². The Bertz CT molecular complexity index is 3870. The fraction of sp³-hybridized carbons (Fsp3) is 0.0909. The first-order valence-electron chi connectivity index (χ1n) is 26.2. The number of hydrogen-bond acceptors (Lipinski definition) is 4. The molecule has 0 saturated heterocycles. The minimum absolute atomic E-state index is 0.00898. The fourth-order valence-electron chi connectivity index (χ4n) is 12.7. The van der Waals surface area contributed by atoms with Crippen LogP contribution in [0.1, 0.15) is 50.7 Å². The highest BCUT2D eigenvalue weighted by molar-refractivity contribution is 7.02. The maximum absolute atomic E-state index is 4.10. The first-order chi connectivity index (χ1) is 36.4. The van der Waals surface area contributed by atoms with E-state index < -0.39 is 0 Å². The number of rotatable bonds is 8. The van der Waals surface area contributed by atoms with Gasteiger partial charge in [0.25, 0.3) is 6.71 Å². The van der Waals surface area contributed by atoms with E-state index >= 15 is 0 Å². The van der Waals surface area contributed by atoms with Crippen LogP contribution in [0.5, 0.6) is 0 Å². The van der Waals surface area contributed by atoms with E-state index in [2.05, 4.69) is 274 Å². The lowest BCUT2D eigenvalue weighted by atomic mass is 9.31. The summed E-state index contributed by atoms with van der Waals surface area (Å²) < 4.78 is 2.44. The molecule has 5 heterocycles. The number of fused-ring (bicyclic) bond motifs is 13. The molecule has 0 aliphatic carbocycles. The summed E-state index contributed by atoms with van der Waals surface area (Å²) in [4.78, 5) is 5.27. The Morgan fingerprint density at radius 2 is 0.851 bits per heavy atom. The van der Waals surface area contributed by atoms with Gasteiger partial charge in [-0.15, -0.1) is 0 Å². The molecule has 0 spiro atoms. The molecule has 74 heavy (non-hydrogen) atoms. The van der Waals surface area contributed by atoms with Gasteiger partial charge in [-0.1, -0.05) is 183 Å². The van der Waals surface area contributed by atoms with Crippen LogP contribution in [-0.2, 0) is 0 Å². The maximum Gasteiger partial charge on any atom is 0.252 e. The average molecular weight is 946 g/mol. The predicted octanol–water partition coefficient (Wildman–Crippen LogP) is 12.2. The van der Waals surface area contributed by atoms with Crippen LogP contribution in [0.4, 0.5) is 56.9 Å². The monoisotopic (exact) mass is 945 g/mol. The van der Waals surface area contributed by atoms with Crippen molar-refractivity contribution >= 4 is 138 Å². The first-order valence-corrected chi connectivity index (χ1v) is 26.2. The van der Waals surface area contributed by atoms with Crippen LogP contribution in [0, 0.1) is 0 Å². The van der Waals surface area contributed by atoms with Gasteiger partial charge in [-0.05, 0) is 118 Å². The van der Waals surface area contributed by atoms with E-state index in [0.717, 1.165) is 45.0 Å². The molecular formula is C66H50B3N5. The van der Waals surface area contributed by atoms with Crippen molar-refractivity contribution in [2.24, 2.45) is 0 Å². The molecule has 15 rings (SSSR count). The summed E-state index contributed by atoms with van der Waals surface area (Å²) in [6.07, 6.45) is 0. The third-order valence-corrected chi connectivity index (χ3v) is 16.1. The zero-order valence-electron chi connectivity index (χ0n) is 41.9. The van der Waals surface area contributed by atoms with Gasteiger partial charge in [0.15, 0.2) is 14.6 Å². The summed E-state index contributed by atoms with van der Waals surface area (Å²) in [5.74, 6) is 0.707. The Hall–Kier alpha value is -8.61. The first kappa shape index (κ1) is 43.0. The Morgan fingerprint density at radius 1 is 0.419 bits per heavy atom. The zero-order valence-corrected chi connectivity index (χ0v) is 41.9. The van der Waals surface area contributed by atoms with E-state index in [4.69, 9.17) is 0 Å². The van der Waals surface area contributed by atoms with E-state index in [1.54, 1.807) is 0 Å². The number of benzene rings is 10. The molecule has 5 nitrogen and oxygen atoms in total. The third-order valence-electron chi connectivity index (χ3n) is 16.1. The van der Waals surface area contributed by atoms with Crippen molar-refractivity contribution in [2.45, 2.75) is 39.5 Å². The molecule has 4 aliphatic heterocycles. The number of para-hydroxylation sites is 6. The molecule has 0 amide bonds. The van der Waals surface area contributed by atoms with Crippen LogP contribution in [0.2, 0.25) is 0 Å². The van der Waals surface area contributed by atoms with Crippen molar-refractivity contribution in [3.05, 3.63) is 217 Å². The van der Waals surface area contributed by atoms with E-state index in [-0.39, 0.29) is 6.71 Å². The lowest BCUT2D eigenvalue weighted by Crippen LogP contribution is -2.67. The molecule has 2 N–H and O–H groups in total. The second-order valence-corrected chi connectivity index (χ2v) is 21.0. The van der Waals surface area contributed by atoms with Crippen LogP contribution in [0.3, 0.4) is 0 Å². The van der Waals surface area contributed by atoms with Gasteiger partial charge in [0.1, 0.15) is 0 Å². The van der Waals surface area contributed by atoms with Crippen molar-refractivity contribution < 1.29 is 0 Å². The van der Waals surface area contributed by atoms with Crippen LogP contribution < -0.4 is 58.7 Å². The van der Waals surface area contributed by atoms with Gasteiger partial charge in [-0.25, -0.2) is 0 Å². The van der Waals surface area contributed by atoms with Crippen LogP contribution in [0.15, 0.2) is 206 Å². The van der Waals surface area contributed by atoms with Crippen LogP contribution >= 0.6 is 0 Å². The summed E-state index contributed by atoms with van der Waals surface area (Å²) in [6.45, 7) is 9.25. The summed E-state index contributed by atoms with van der Waals surface area (Å²) in [5, 5.41) is 10.6. The van der Waals surface area contributed by atoms with Gasteiger partial charge in [-0.3, -0.25) is 0 Å². The topological polar surface area (TPSA) is 35.5 Å². The molecular weight excluding hydrogens is 895 g/mol. The highest BCUT2D eigenvalue weighted by Crippen LogP contribution is 2.50. The summed E-state index contributed by atoms with van der Waals surface area (Å²) in [6, 6.07) is 76.5. The van der Waals surface area contributed by atoms with Crippen molar-refractivity contribution in [1.82, 2.24) is 4.57 Å². The minimum Gasteiger partial charge on any atom is -0.355 e. The number of nitrogens with one attached hydrogen (secondary N) is 2. The summed E-state index contributed by atoms with van der Waals surface area (Å²) in [7, 11) is 4.99. The molecule has 11 aromatic rings. The number of aromatic nitrogens is 1. The van der Waals surface area contributed by atoms with Gasteiger partial charge in [0.05, 0.1) is 28.1 Å². The molecule has 0 saturated carbocycles. The molecule has 10 aromatic carbocycles. The smallest absolute Gasteiger partial charge is 0.252 e. The largest absolute Gasteiger partial charge is 0.355 e. The Morgan fingerprint density at radius 3 is 1.32 bits per heavy atom. The molecule has 8 heteroatoms. The van der Waals surface area contributed by atoms with E-state index in [1.807, 2.05) is 0 Å². The molecule has 1 aromatic heterocycles. The highest BCUT2D eigenvalue weighted by atomic mass is 15.2. The van der Waals surface area contributed by atoms with E-state index in [0.29, 0.717) is 11.8 Å². The van der Waals surface area contributed by atoms with Crippen LogP contribution in [-0.4, -0.2) is 25.8 Å². The summed E-state index contributed by atoms with van der Waals surface area (Å²) >= 11 is 0. The van der Waals surface area contributed by atoms with Crippen molar-refractivity contribution in [3.63, 3.8) is 0 Å². The van der Waals surface area contributed by atoms with Crippen LogP contribution in [0.25, 0.3) is 38.6 Å². The number of hydrogen-bond donors (Lipinski definition) is 2. The molecule has 2 radical (unpaired) electrons. The molecule has 0 bridgehead atoms. The van der Waals surface area contributed by atoms with Gasteiger partial charge < -0.3 is 25.0 Å². The molecule has 4 aliphatic rings. The van der Waals surface area contributed by atoms with Crippen molar-refractivity contribution in [3.8, 4) is 16.8 Å². The van der Waals surface area contributed by atoms with Crippen molar-refractivity contribution in [1.29, 1.82) is 0 Å². The number of anilines is 10. The Kier molecular flexibility index (Phi) is 9.57. The third kappa shape index (κ3) is 6.33. The Balaban J connectivity index is 1.13. The fourth-order valence-corrected chi connectivity index (χ4v) is 12.7. The lowest BCUT2D eigenvalue weighted by Gasteiger charge is -2.50. The van der Waals surface area contributed by atoms with E-state index in [9.17, 15) is 0 Å². The predicted molar refractivity (Wildman–Crippen MR) is 318 cm³/mol. The van der Waals surface area contributed by atoms with Gasteiger partial charge in [-0.2, -0.15) is 0 Å². The normalized spacial score (nSPS) is 13.2. The molecule has 0 unspecified atom stereocenters. The number of nitrogens with zero attached hydrogens (tertiary/aromatic N) is 3. The lowest BCUT2D eigenvalue weighted by molar-refractivity contribution is 0.866.